The molecule has 4 heteroatoms. The highest BCUT2D eigenvalue weighted by atomic mass is 16.3. The molecule has 0 aromatic heterocycles. The van der Waals surface area contributed by atoms with Crippen molar-refractivity contribution in [1.29, 1.82) is 0 Å². The number of amides is 1. The van der Waals surface area contributed by atoms with Crippen molar-refractivity contribution in [3.63, 3.8) is 0 Å². The van der Waals surface area contributed by atoms with E-state index >= 15 is 0 Å². The Morgan fingerprint density at radius 1 is 1.28 bits per heavy atom. The van der Waals surface area contributed by atoms with E-state index in [4.69, 9.17) is 5.73 Å². The maximum absolute atomic E-state index is 12.5. The summed E-state index contributed by atoms with van der Waals surface area (Å²) in [4.78, 5) is 14.5. The second-order valence-corrected chi connectivity index (χ2v) is 5.38. The van der Waals surface area contributed by atoms with E-state index in [1.54, 1.807) is 18.2 Å². The van der Waals surface area contributed by atoms with E-state index in [1.807, 2.05) is 4.90 Å². The summed E-state index contributed by atoms with van der Waals surface area (Å²) in [6.45, 7) is 0. The first-order valence-electron chi connectivity index (χ1n) is 6.52. The van der Waals surface area contributed by atoms with Gasteiger partial charge in [-0.05, 0) is 43.9 Å². The number of piperidine rings is 1. The molecule has 2 bridgehead atoms. The van der Waals surface area contributed by atoms with Gasteiger partial charge in [0.1, 0.15) is 5.75 Å². The van der Waals surface area contributed by atoms with E-state index in [0.717, 1.165) is 25.7 Å². The Bertz CT molecular complexity index is 461. The molecule has 2 aliphatic heterocycles. The van der Waals surface area contributed by atoms with Crippen LogP contribution in [0.5, 0.6) is 5.75 Å². The van der Waals surface area contributed by atoms with Gasteiger partial charge in [0.25, 0.3) is 5.91 Å². The van der Waals surface area contributed by atoms with Crippen LogP contribution in [0.1, 0.15) is 36.0 Å². The number of rotatable bonds is 1. The fourth-order valence-electron chi connectivity index (χ4n) is 3.34. The van der Waals surface area contributed by atoms with Crippen molar-refractivity contribution in [2.45, 2.75) is 43.8 Å². The van der Waals surface area contributed by atoms with Crippen LogP contribution >= 0.6 is 0 Å². The summed E-state index contributed by atoms with van der Waals surface area (Å²) in [6, 6.07) is 7.39. The fraction of sp³-hybridized carbons (Fsp3) is 0.500. The Labute approximate surface area is 106 Å². The van der Waals surface area contributed by atoms with Crippen LogP contribution in [0.3, 0.4) is 0 Å². The molecule has 0 radical (unpaired) electrons. The molecule has 0 aliphatic carbocycles. The lowest BCUT2D eigenvalue weighted by Crippen LogP contribution is -2.50. The van der Waals surface area contributed by atoms with Crippen LogP contribution in [-0.4, -0.2) is 34.0 Å². The van der Waals surface area contributed by atoms with Crippen molar-refractivity contribution in [2.75, 3.05) is 0 Å². The summed E-state index contributed by atoms with van der Waals surface area (Å²) < 4.78 is 0. The monoisotopic (exact) mass is 246 g/mol. The smallest absolute Gasteiger partial charge is 0.254 e. The molecule has 1 aromatic rings. The van der Waals surface area contributed by atoms with Crippen molar-refractivity contribution in [3.8, 4) is 5.75 Å². The van der Waals surface area contributed by atoms with Crippen LogP contribution < -0.4 is 5.73 Å². The number of hydrogen-bond acceptors (Lipinski definition) is 3. The Morgan fingerprint density at radius 3 is 2.56 bits per heavy atom. The topological polar surface area (TPSA) is 66.6 Å². The lowest BCUT2D eigenvalue weighted by molar-refractivity contribution is 0.0574. The molecule has 1 amide bonds. The Morgan fingerprint density at radius 2 is 1.94 bits per heavy atom. The quantitative estimate of drug-likeness (QED) is 0.789. The summed E-state index contributed by atoms with van der Waals surface area (Å²) in [5.74, 6) is 0.173. The van der Waals surface area contributed by atoms with Crippen LogP contribution in [0, 0.1) is 0 Å². The molecule has 2 unspecified atom stereocenters. The third-order valence-electron chi connectivity index (χ3n) is 4.10. The molecule has 18 heavy (non-hydrogen) atoms. The zero-order valence-corrected chi connectivity index (χ0v) is 10.2. The Balaban J connectivity index is 1.85. The van der Waals surface area contributed by atoms with Crippen LogP contribution in [0.15, 0.2) is 24.3 Å². The highest BCUT2D eigenvalue weighted by molar-refractivity contribution is 5.95. The minimum Gasteiger partial charge on any atom is -0.508 e. The number of carbonyl (C=O) groups is 1. The molecule has 96 valence electrons. The van der Waals surface area contributed by atoms with Crippen molar-refractivity contribution in [1.82, 2.24) is 4.90 Å². The number of benzene rings is 1. The van der Waals surface area contributed by atoms with Gasteiger partial charge in [-0.15, -0.1) is 0 Å². The maximum atomic E-state index is 12.5. The van der Waals surface area contributed by atoms with E-state index < -0.39 is 0 Å². The summed E-state index contributed by atoms with van der Waals surface area (Å²) in [5, 5.41) is 9.46. The second kappa shape index (κ2) is 4.28. The molecule has 3 N–H and O–H groups in total. The third-order valence-corrected chi connectivity index (χ3v) is 4.10. The van der Waals surface area contributed by atoms with Crippen LogP contribution in [0.25, 0.3) is 0 Å². The molecule has 2 saturated heterocycles. The minimum atomic E-state index is 0.0327. The minimum absolute atomic E-state index is 0.0327. The molecule has 2 heterocycles. The highest BCUT2D eigenvalue weighted by Crippen LogP contribution is 2.36. The van der Waals surface area contributed by atoms with E-state index in [1.165, 1.54) is 6.07 Å². The number of fused-ring (bicyclic) bond motifs is 2. The van der Waals surface area contributed by atoms with Crippen molar-refractivity contribution >= 4 is 5.91 Å². The molecular formula is C14H18N2O2. The van der Waals surface area contributed by atoms with E-state index in [0.29, 0.717) is 5.56 Å². The number of nitrogens with zero attached hydrogens (tertiary/aromatic N) is 1. The molecule has 0 saturated carbocycles. The normalized spacial score (nSPS) is 30.5. The third kappa shape index (κ3) is 1.86. The van der Waals surface area contributed by atoms with Crippen LogP contribution in [0.2, 0.25) is 0 Å². The molecule has 0 spiro atoms. The van der Waals surface area contributed by atoms with Gasteiger partial charge in [-0.3, -0.25) is 4.79 Å². The SMILES string of the molecule is NC1CC2CCC(C1)N2C(=O)c1cccc(O)c1. The molecule has 2 aliphatic rings. The predicted octanol–water partition coefficient (Wildman–Crippen LogP) is 1.49. The average molecular weight is 246 g/mol. The van der Waals surface area contributed by atoms with E-state index in [-0.39, 0.29) is 29.8 Å². The molecule has 2 fully saturated rings. The molecule has 2 atom stereocenters. The van der Waals surface area contributed by atoms with Gasteiger partial charge in [-0.1, -0.05) is 6.07 Å². The van der Waals surface area contributed by atoms with Crippen molar-refractivity contribution < 1.29 is 9.90 Å². The number of aromatic hydroxyl groups is 1. The first kappa shape index (κ1) is 11.5. The summed E-state index contributed by atoms with van der Waals surface area (Å²) in [5.41, 5.74) is 6.57. The number of phenols is 1. The lowest BCUT2D eigenvalue weighted by Gasteiger charge is -2.37. The van der Waals surface area contributed by atoms with Gasteiger partial charge in [0.15, 0.2) is 0 Å². The van der Waals surface area contributed by atoms with Gasteiger partial charge in [-0.25, -0.2) is 0 Å². The second-order valence-electron chi connectivity index (χ2n) is 5.38. The van der Waals surface area contributed by atoms with Gasteiger partial charge in [0.05, 0.1) is 0 Å². The maximum Gasteiger partial charge on any atom is 0.254 e. The standard InChI is InChI=1S/C14H18N2O2/c15-10-7-11-4-5-12(8-10)16(11)14(18)9-2-1-3-13(17)6-9/h1-3,6,10-12,17H,4-5,7-8,15H2. The highest BCUT2D eigenvalue weighted by Gasteiger charge is 2.42. The fourth-order valence-corrected chi connectivity index (χ4v) is 3.34. The summed E-state index contributed by atoms with van der Waals surface area (Å²) in [6.07, 6.45) is 3.92. The largest absolute Gasteiger partial charge is 0.508 e. The van der Waals surface area contributed by atoms with Gasteiger partial charge in [-0.2, -0.15) is 0 Å². The zero-order valence-electron chi connectivity index (χ0n) is 10.2. The van der Waals surface area contributed by atoms with Crippen LogP contribution in [-0.2, 0) is 0 Å². The number of carbonyl (C=O) groups excluding carboxylic acids is 1. The van der Waals surface area contributed by atoms with Gasteiger partial charge >= 0.3 is 0 Å². The van der Waals surface area contributed by atoms with Crippen LogP contribution in [0.4, 0.5) is 0 Å². The number of nitrogens with two attached hydrogens (primary N) is 1. The number of phenolic OH excluding ortho intramolecular Hbond substituents is 1. The Kier molecular flexibility index (Phi) is 2.74. The van der Waals surface area contributed by atoms with E-state index in [9.17, 15) is 9.90 Å². The van der Waals surface area contributed by atoms with Gasteiger partial charge < -0.3 is 15.7 Å². The first-order valence-corrected chi connectivity index (χ1v) is 6.52. The average Bonchev–Trinajstić information content (AvgIpc) is 2.61. The lowest BCUT2D eigenvalue weighted by atomic mass is 9.97. The zero-order chi connectivity index (χ0) is 12.7. The van der Waals surface area contributed by atoms with E-state index in [2.05, 4.69) is 0 Å². The summed E-state index contributed by atoms with van der Waals surface area (Å²) in [7, 11) is 0. The Hall–Kier alpha value is -1.55. The molecular weight excluding hydrogens is 228 g/mol. The first-order chi connectivity index (χ1) is 8.65. The van der Waals surface area contributed by atoms with Crippen molar-refractivity contribution in [3.05, 3.63) is 29.8 Å². The van der Waals surface area contributed by atoms with Crippen molar-refractivity contribution in [2.24, 2.45) is 5.73 Å². The molecule has 3 rings (SSSR count). The summed E-state index contributed by atoms with van der Waals surface area (Å²) >= 11 is 0. The number of hydrogen-bond donors (Lipinski definition) is 2. The van der Waals surface area contributed by atoms with Gasteiger partial charge in [0, 0.05) is 23.7 Å². The predicted molar refractivity (Wildman–Crippen MR) is 68.3 cm³/mol. The molecule has 1 aromatic carbocycles. The van der Waals surface area contributed by atoms with Gasteiger partial charge in [0.2, 0.25) is 0 Å². The molecule has 4 nitrogen and oxygen atoms in total.